The number of esters is 2. The Morgan fingerprint density at radius 3 is 2.65 bits per heavy atom. The van der Waals surface area contributed by atoms with E-state index in [1.165, 1.54) is 14.2 Å². The molecule has 0 bridgehead atoms. The van der Waals surface area contributed by atoms with E-state index < -0.39 is 11.9 Å². The van der Waals surface area contributed by atoms with Crippen molar-refractivity contribution in [1.29, 1.82) is 0 Å². The number of methoxy groups -OCH3 is 2. The number of nitrogens with one attached hydrogen (secondary N) is 2. The summed E-state index contributed by atoms with van der Waals surface area (Å²) in [6.45, 7) is 1.12. The van der Waals surface area contributed by atoms with Crippen molar-refractivity contribution in [3.63, 3.8) is 0 Å². The molecule has 0 saturated carbocycles. The van der Waals surface area contributed by atoms with E-state index in [1.54, 1.807) is 24.3 Å². The van der Waals surface area contributed by atoms with E-state index in [9.17, 15) is 14.4 Å². The SMILES string of the molecule is COC(=O)/C=C(/Nc1ccccc1C(=O)NCC1CCCO1)C(=O)OC. The first-order chi connectivity index (χ1) is 12.5. The Morgan fingerprint density at radius 2 is 2.00 bits per heavy atom. The summed E-state index contributed by atoms with van der Waals surface area (Å²) in [6.07, 6.45) is 2.88. The van der Waals surface area contributed by atoms with E-state index in [2.05, 4.69) is 20.1 Å². The van der Waals surface area contributed by atoms with Gasteiger partial charge in [0.05, 0.1) is 37.7 Å². The van der Waals surface area contributed by atoms with Gasteiger partial charge in [-0.25, -0.2) is 9.59 Å². The maximum atomic E-state index is 12.5. The second kappa shape index (κ2) is 9.57. The minimum Gasteiger partial charge on any atom is -0.466 e. The van der Waals surface area contributed by atoms with Crippen molar-refractivity contribution in [3.8, 4) is 0 Å². The van der Waals surface area contributed by atoms with Crippen LogP contribution in [0.3, 0.4) is 0 Å². The Labute approximate surface area is 151 Å². The van der Waals surface area contributed by atoms with Crippen LogP contribution in [-0.2, 0) is 23.8 Å². The summed E-state index contributed by atoms with van der Waals surface area (Å²) in [5.74, 6) is -1.80. The Balaban J connectivity index is 2.15. The molecule has 1 heterocycles. The van der Waals surface area contributed by atoms with Gasteiger partial charge in [0.15, 0.2) is 0 Å². The third kappa shape index (κ3) is 5.32. The number of ether oxygens (including phenoxy) is 3. The highest BCUT2D eigenvalue weighted by molar-refractivity contribution is 6.03. The van der Waals surface area contributed by atoms with Gasteiger partial charge in [-0.05, 0) is 25.0 Å². The van der Waals surface area contributed by atoms with Gasteiger partial charge in [-0.1, -0.05) is 12.1 Å². The van der Waals surface area contributed by atoms with Gasteiger partial charge in [-0.3, -0.25) is 4.79 Å². The van der Waals surface area contributed by atoms with Gasteiger partial charge in [-0.2, -0.15) is 0 Å². The van der Waals surface area contributed by atoms with Gasteiger partial charge < -0.3 is 24.8 Å². The number of hydrogen-bond donors (Lipinski definition) is 2. The molecule has 0 aromatic heterocycles. The van der Waals surface area contributed by atoms with Crippen molar-refractivity contribution in [2.45, 2.75) is 18.9 Å². The quantitative estimate of drug-likeness (QED) is 0.555. The Bertz CT molecular complexity index is 695. The summed E-state index contributed by atoms with van der Waals surface area (Å²) in [6, 6.07) is 6.63. The van der Waals surface area contributed by atoms with E-state index in [1.807, 2.05) is 0 Å². The van der Waals surface area contributed by atoms with Crippen molar-refractivity contribution in [3.05, 3.63) is 41.6 Å². The normalized spacial score (nSPS) is 16.7. The molecule has 1 aliphatic rings. The van der Waals surface area contributed by atoms with E-state index in [0.717, 1.165) is 18.9 Å². The lowest BCUT2D eigenvalue weighted by Gasteiger charge is -2.15. The van der Waals surface area contributed by atoms with Crippen LogP contribution in [0.25, 0.3) is 0 Å². The molecule has 8 nitrogen and oxygen atoms in total. The van der Waals surface area contributed by atoms with Crippen molar-refractivity contribution in [2.75, 3.05) is 32.7 Å². The topological polar surface area (TPSA) is 103 Å². The highest BCUT2D eigenvalue weighted by atomic mass is 16.5. The number of benzene rings is 1. The summed E-state index contributed by atoms with van der Waals surface area (Å²) in [5.41, 5.74) is 0.543. The molecule has 1 fully saturated rings. The summed E-state index contributed by atoms with van der Waals surface area (Å²) in [4.78, 5) is 35.8. The predicted octanol–water partition coefficient (Wildman–Crippen LogP) is 1.24. The van der Waals surface area contributed by atoms with Gasteiger partial charge in [0, 0.05) is 13.2 Å². The standard InChI is InChI=1S/C18H22N2O6/c1-24-16(21)10-15(18(23)25-2)20-14-8-4-3-7-13(14)17(22)19-11-12-6-5-9-26-12/h3-4,7-8,10,12,20H,5-6,9,11H2,1-2H3,(H,19,22)/b15-10+. The van der Waals surface area contributed by atoms with Crippen molar-refractivity contribution >= 4 is 23.5 Å². The molecule has 1 aliphatic heterocycles. The molecule has 2 N–H and O–H groups in total. The average Bonchev–Trinajstić information content (AvgIpc) is 3.18. The monoisotopic (exact) mass is 362 g/mol. The second-order valence-corrected chi connectivity index (χ2v) is 5.59. The molecule has 1 atom stereocenters. The Kier molecular flexibility index (Phi) is 7.16. The third-order valence-electron chi connectivity index (χ3n) is 3.82. The van der Waals surface area contributed by atoms with E-state index in [0.29, 0.717) is 24.4 Å². The zero-order valence-electron chi connectivity index (χ0n) is 14.7. The molecule has 1 amide bonds. The molecule has 1 aromatic rings. The molecular formula is C18H22N2O6. The Hall–Kier alpha value is -2.87. The van der Waals surface area contributed by atoms with Crippen LogP contribution in [0.15, 0.2) is 36.0 Å². The van der Waals surface area contributed by atoms with E-state index in [-0.39, 0.29) is 17.7 Å². The van der Waals surface area contributed by atoms with Crippen molar-refractivity contribution < 1.29 is 28.6 Å². The zero-order chi connectivity index (χ0) is 18.9. The van der Waals surface area contributed by atoms with E-state index >= 15 is 0 Å². The van der Waals surface area contributed by atoms with Gasteiger partial charge in [0.1, 0.15) is 5.70 Å². The number of rotatable bonds is 7. The molecule has 0 aliphatic carbocycles. The molecule has 1 aromatic carbocycles. The second-order valence-electron chi connectivity index (χ2n) is 5.59. The van der Waals surface area contributed by atoms with Crippen molar-refractivity contribution in [2.24, 2.45) is 0 Å². The van der Waals surface area contributed by atoms with Crippen LogP contribution >= 0.6 is 0 Å². The lowest BCUT2D eigenvalue weighted by atomic mass is 10.1. The summed E-state index contributed by atoms with van der Waals surface area (Å²) in [7, 11) is 2.38. The predicted molar refractivity (Wildman–Crippen MR) is 93.5 cm³/mol. The van der Waals surface area contributed by atoms with Crippen LogP contribution < -0.4 is 10.6 Å². The molecule has 8 heteroatoms. The molecule has 1 saturated heterocycles. The molecule has 0 spiro atoms. The Morgan fingerprint density at radius 1 is 1.23 bits per heavy atom. The largest absolute Gasteiger partial charge is 0.466 e. The third-order valence-corrected chi connectivity index (χ3v) is 3.82. The summed E-state index contributed by atoms with van der Waals surface area (Å²) < 4.78 is 14.7. The molecule has 2 rings (SSSR count). The molecule has 140 valence electrons. The first kappa shape index (κ1) is 19.5. The molecule has 26 heavy (non-hydrogen) atoms. The van der Waals surface area contributed by atoms with Crippen LogP contribution in [-0.4, -0.2) is 51.3 Å². The van der Waals surface area contributed by atoms with Gasteiger partial charge in [0.2, 0.25) is 0 Å². The van der Waals surface area contributed by atoms with Crippen LogP contribution in [0.1, 0.15) is 23.2 Å². The summed E-state index contributed by atoms with van der Waals surface area (Å²) >= 11 is 0. The van der Waals surface area contributed by atoms with Crippen LogP contribution in [0.5, 0.6) is 0 Å². The zero-order valence-corrected chi connectivity index (χ0v) is 14.7. The van der Waals surface area contributed by atoms with E-state index in [4.69, 9.17) is 4.74 Å². The maximum absolute atomic E-state index is 12.5. The van der Waals surface area contributed by atoms with Gasteiger partial charge >= 0.3 is 11.9 Å². The number of anilines is 1. The molecule has 0 radical (unpaired) electrons. The number of carbonyl (C=O) groups is 3. The fourth-order valence-corrected chi connectivity index (χ4v) is 2.48. The van der Waals surface area contributed by atoms with Crippen molar-refractivity contribution in [1.82, 2.24) is 5.32 Å². The highest BCUT2D eigenvalue weighted by Gasteiger charge is 2.19. The van der Waals surface area contributed by atoms with Crippen LogP contribution in [0.4, 0.5) is 5.69 Å². The van der Waals surface area contributed by atoms with Crippen LogP contribution in [0.2, 0.25) is 0 Å². The lowest BCUT2D eigenvalue weighted by Crippen LogP contribution is -2.32. The fourth-order valence-electron chi connectivity index (χ4n) is 2.48. The smallest absolute Gasteiger partial charge is 0.354 e. The lowest BCUT2D eigenvalue weighted by molar-refractivity contribution is -0.138. The maximum Gasteiger partial charge on any atom is 0.354 e. The first-order valence-corrected chi connectivity index (χ1v) is 8.19. The minimum absolute atomic E-state index is 0.0175. The summed E-state index contributed by atoms with van der Waals surface area (Å²) in [5, 5.41) is 5.58. The van der Waals surface area contributed by atoms with Crippen LogP contribution in [0, 0.1) is 0 Å². The molecular weight excluding hydrogens is 340 g/mol. The highest BCUT2D eigenvalue weighted by Crippen LogP contribution is 2.18. The number of carbonyl (C=O) groups excluding carboxylic acids is 3. The fraction of sp³-hybridized carbons (Fsp3) is 0.389. The minimum atomic E-state index is -0.759. The number of amides is 1. The first-order valence-electron chi connectivity index (χ1n) is 8.19. The molecule has 1 unspecified atom stereocenters. The average molecular weight is 362 g/mol. The number of para-hydroxylation sites is 1. The van der Waals surface area contributed by atoms with Gasteiger partial charge in [0.25, 0.3) is 5.91 Å². The van der Waals surface area contributed by atoms with Gasteiger partial charge in [-0.15, -0.1) is 0 Å². The number of hydrogen-bond acceptors (Lipinski definition) is 7.